The summed E-state index contributed by atoms with van der Waals surface area (Å²) in [6.07, 6.45) is 0. The first kappa shape index (κ1) is 13.0. The predicted octanol–water partition coefficient (Wildman–Crippen LogP) is 2.19. The van der Waals surface area contributed by atoms with Crippen LogP contribution in [0.4, 0.5) is 15.6 Å². The molecule has 1 heterocycles. The van der Waals surface area contributed by atoms with Crippen molar-refractivity contribution < 1.29 is 14.7 Å². The van der Waals surface area contributed by atoms with Crippen molar-refractivity contribution in [1.29, 1.82) is 0 Å². The first-order valence-electron chi connectivity index (χ1n) is 5.24. The van der Waals surface area contributed by atoms with E-state index in [1.807, 2.05) is 0 Å². The molecule has 7 nitrogen and oxygen atoms in total. The quantitative estimate of drug-likeness (QED) is 0.798. The van der Waals surface area contributed by atoms with E-state index in [4.69, 9.17) is 5.11 Å². The number of hydrogen-bond acceptors (Lipinski definition) is 5. The Bertz CT molecular complexity index is 612. The molecule has 0 unspecified atom stereocenters. The number of benzene rings is 1. The zero-order valence-electron chi connectivity index (χ0n) is 9.88. The first-order chi connectivity index (χ1) is 9.06. The van der Waals surface area contributed by atoms with Crippen molar-refractivity contribution in [2.75, 3.05) is 10.6 Å². The van der Waals surface area contributed by atoms with Crippen molar-refractivity contribution in [2.45, 2.75) is 6.92 Å². The highest BCUT2D eigenvalue weighted by Crippen LogP contribution is 2.16. The number of aromatic carboxylic acids is 1. The number of hydrogen-bond donors (Lipinski definition) is 3. The fourth-order valence-corrected chi connectivity index (χ4v) is 1.91. The number of carboxylic acid groups (broad SMARTS) is 1. The third kappa shape index (κ3) is 3.26. The van der Waals surface area contributed by atoms with Crippen LogP contribution in [-0.2, 0) is 0 Å². The van der Waals surface area contributed by atoms with Gasteiger partial charge in [-0.3, -0.25) is 5.32 Å². The summed E-state index contributed by atoms with van der Waals surface area (Å²) in [6.45, 7) is 1.66. The van der Waals surface area contributed by atoms with Crippen molar-refractivity contribution in [2.24, 2.45) is 0 Å². The van der Waals surface area contributed by atoms with Gasteiger partial charge in [0, 0.05) is 5.69 Å². The van der Waals surface area contributed by atoms with Crippen molar-refractivity contribution >= 4 is 34.2 Å². The molecule has 2 amide bonds. The Labute approximate surface area is 112 Å². The summed E-state index contributed by atoms with van der Waals surface area (Å²) >= 11 is 1.20. The van der Waals surface area contributed by atoms with E-state index >= 15 is 0 Å². The predicted molar refractivity (Wildman–Crippen MR) is 70.7 cm³/mol. The van der Waals surface area contributed by atoms with E-state index < -0.39 is 12.0 Å². The van der Waals surface area contributed by atoms with Gasteiger partial charge in [0.15, 0.2) is 0 Å². The van der Waals surface area contributed by atoms with Gasteiger partial charge in [-0.1, -0.05) is 11.3 Å². The fraction of sp³-hybridized carbons (Fsp3) is 0.0909. The first-order valence-corrected chi connectivity index (χ1v) is 6.12. The van der Waals surface area contributed by atoms with Crippen LogP contribution in [0.5, 0.6) is 0 Å². The largest absolute Gasteiger partial charge is 0.478 e. The number of nitrogens with one attached hydrogen (secondary N) is 2. The molecule has 0 aliphatic carbocycles. The highest BCUT2D eigenvalue weighted by Gasteiger charge is 2.09. The van der Waals surface area contributed by atoms with Gasteiger partial charge in [0.05, 0.1) is 5.56 Å². The molecule has 1 aromatic heterocycles. The minimum atomic E-state index is -0.998. The smallest absolute Gasteiger partial charge is 0.335 e. The number of nitrogens with zero attached hydrogens (tertiary/aromatic N) is 2. The van der Waals surface area contributed by atoms with Gasteiger partial charge < -0.3 is 10.4 Å². The Hall–Kier alpha value is -2.48. The number of carbonyl (C=O) groups excluding carboxylic acids is 1. The lowest BCUT2D eigenvalue weighted by atomic mass is 10.1. The normalized spacial score (nSPS) is 9.95. The molecule has 0 saturated heterocycles. The number of aryl methyl sites for hydroxylation is 1. The van der Waals surface area contributed by atoms with Gasteiger partial charge in [-0.05, 0) is 30.7 Å². The molecule has 0 aliphatic rings. The molecule has 0 fully saturated rings. The Morgan fingerprint density at radius 2 is 2.11 bits per heavy atom. The minimum Gasteiger partial charge on any atom is -0.478 e. The van der Waals surface area contributed by atoms with Crippen LogP contribution in [0.3, 0.4) is 0 Å². The molecule has 19 heavy (non-hydrogen) atoms. The molecule has 2 rings (SSSR count). The maximum atomic E-state index is 11.6. The summed E-state index contributed by atoms with van der Waals surface area (Å²) in [5, 5.41) is 21.6. The van der Waals surface area contributed by atoms with Crippen LogP contribution in [0.2, 0.25) is 0 Å². The summed E-state index contributed by atoms with van der Waals surface area (Å²) in [7, 11) is 0. The van der Waals surface area contributed by atoms with E-state index in [1.165, 1.54) is 29.0 Å². The molecule has 0 aliphatic heterocycles. The van der Waals surface area contributed by atoms with E-state index in [0.717, 1.165) is 0 Å². The summed E-state index contributed by atoms with van der Waals surface area (Å²) < 4.78 is 0. The Morgan fingerprint density at radius 3 is 2.68 bits per heavy atom. The minimum absolute atomic E-state index is 0.204. The maximum absolute atomic E-state index is 11.6. The maximum Gasteiger partial charge on any atom is 0.335 e. The lowest BCUT2D eigenvalue weighted by Crippen LogP contribution is -2.19. The van der Waals surface area contributed by atoms with Crippen LogP contribution >= 0.6 is 11.3 Å². The van der Waals surface area contributed by atoms with Gasteiger partial charge in [-0.25, -0.2) is 9.59 Å². The van der Waals surface area contributed by atoms with Crippen molar-refractivity contribution in [3.05, 3.63) is 34.8 Å². The van der Waals surface area contributed by atoms with Gasteiger partial charge in [0.1, 0.15) is 5.51 Å². The average Bonchev–Trinajstić information content (AvgIpc) is 2.81. The van der Waals surface area contributed by atoms with Crippen LogP contribution in [0.15, 0.2) is 23.7 Å². The van der Waals surface area contributed by atoms with Gasteiger partial charge in [-0.2, -0.15) is 0 Å². The second kappa shape index (κ2) is 5.44. The molecule has 3 N–H and O–H groups in total. The van der Waals surface area contributed by atoms with E-state index in [-0.39, 0.29) is 5.56 Å². The summed E-state index contributed by atoms with van der Waals surface area (Å²) in [4.78, 5) is 22.5. The molecule has 8 heteroatoms. The molecule has 98 valence electrons. The molecule has 0 bridgehead atoms. The van der Waals surface area contributed by atoms with Gasteiger partial charge >= 0.3 is 12.0 Å². The van der Waals surface area contributed by atoms with Crippen LogP contribution in [0.1, 0.15) is 15.9 Å². The van der Waals surface area contributed by atoms with E-state index in [1.54, 1.807) is 13.0 Å². The lowest BCUT2D eigenvalue weighted by molar-refractivity contribution is 0.0696. The lowest BCUT2D eigenvalue weighted by Gasteiger charge is -2.07. The third-order valence-electron chi connectivity index (χ3n) is 2.30. The van der Waals surface area contributed by atoms with Crippen molar-refractivity contribution in [3.8, 4) is 0 Å². The van der Waals surface area contributed by atoms with Crippen LogP contribution in [0.25, 0.3) is 0 Å². The molecule has 0 radical (unpaired) electrons. The summed E-state index contributed by atoms with van der Waals surface area (Å²) in [5.41, 5.74) is 2.78. The zero-order valence-corrected chi connectivity index (χ0v) is 10.7. The molecule has 2 aromatic rings. The Morgan fingerprint density at radius 1 is 1.32 bits per heavy atom. The summed E-state index contributed by atoms with van der Waals surface area (Å²) in [5.74, 6) is -0.998. The van der Waals surface area contributed by atoms with Crippen molar-refractivity contribution in [3.63, 3.8) is 0 Å². The van der Waals surface area contributed by atoms with Gasteiger partial charge in [0.25, 0.3) is 0 Å². The van der Waals surface area contributed by atoms with E-state index in [0.29, 0.717) is 16.4 Å². The van der Waals surface area contributed by atoms with E-state index in [9.17, 15) is 9.59 Å². The van der Waals surface area contributed by atoms with Crippen LogP contribution < -0.4 is 10.6 Å². The van der Waals surface area contributed by atoms with Crippen molar-refractivity contribution in [1.82, 2.24) is 10.2 Å². The topological polar surface area (TPSA) is 104 Å². The second-order valence-corrected chi connectivity index (χ2v) is 4.49. The molecular weight excluding hydrogens is 268 g/mol. The Kier molecular flexibility index (Phi) is 3.71. The molecular formula is C11H10N4O3S. The standard InChI is InChI=1S/C11H10N4O3S/c1-6-4-7(2-3-8(6)9(16)17)13-10(18)14-11-15-12-5-19-11/h2-5H,1H3,(H,16,17)(H2,13,14,15,18). The zero-order chi connectivity index (χ0) is 13.8. The second-order valence-electron chi connectivity index (χ2n) is 3.66. The number of carbonyl (C=O) groups is 2. The van der Waals surface area contributed by atoms with E-state index in [2.05, 4.69) is 20.8 Å². The molecule has 0 atom stereocenters. The Balaban J connectivity index is 2.05. The molecule has 0 spiro atoms. The fourth-order valence-electron chi connectivity index (χ4n) is 1.47. The highest BCUT2D eigenvalue weighted by atomic mass is 32.1. The van der Waals surface area contributed by atoms with Gasteiger partial charge in [-0.15, -0.1) is 10.2 Å². The van der Waals surface area contributed by atoms with Crippen LogP contribution in [0, 0.1) is 6.92 Å². The number of aromatic nitrogens is 2. The monoisotopic (exact) mass is 278 g/mol. The molecule has 1 aromatic carbocycles. The molecule has 0 saturated carbocycles. The third-order valence-corrected chi connectivity index (χ3v) is 2.90. The summed E-state index contributed by atoms with van der Waals surface area (Å²) in [6, 6.07) is 4.09. The number of urea groups is 1. The number of amides is 2. The van der Waals surface area contributed by atoms with Crippen LogP contribution in [-0.4, -0.2) is 27.3 Å². The SMILES string of the molecule is Cc1cc(NC(=O)Nc2nncs2)ccc1C(=O)O. The average molecular weight is 278 g/mol. The number of anilines is 2. The van der Waals surface area contributed by atoms with Gasteiger partial charge in [0.2, 0.25) is 5.13 Å². The highest BCUT2D eigenvalue weighted by molar-refractivity contribution is 7.13. The number of carboxylic acids is 1. The number of rotatable bonds is 3.